The number of hydrogen-bond donors (Lipinski definition) is 0. The summed E-state index contributed by atoms with van der Waals surface area (Å²) in [4.78, 5) is 13.9. The van der Waals surface area contributed by atoms with Crippen LogP contribution in [0.5, 0.6) is 17.2 Å². The molecule has 0 heterocycles. The molecule has 3 rings (SSSR count). The summed E-state index contributed by atoms with van der Waals surface area (Å²) in [7, 11) is 1.66. The predicted octanol–water partition coefficient (Wildman–Crippen LogP) is 4.21. The molecule has 5 nitrogen and oxygen atoms in total. The van der Waals surface area contributed by atoms with Gasteiger partial charge in [0.2, 0.25) is 0 Å². The van der Waals surface area contributed by atoms with E-state index in [9.17, 15) is 13.6 Å². The van der Waals surface area contributed by atoms with Gasteiger partial charge in [0.05, 0.1) is 6.61 Å². The molecule has 0 saturated heterocycles. The van der Waals surface area contributed by atoms with Crippen molar-refractivity contribution in [1.29, 1.82) is 0 Å². The van der Waals surface area contributed by atoms with Crippen molar-refractivity contribution in [3.05, 3.63) is 53.1 Å². The number of amides is 1. The largest absolute Gasteiger partial charge is 0.490 e. The Morgan fingerprint density at radius 3 is 2.62 bits per heavy atom. The Kier molecular flexibility index (Phi) is 6.90. The fraction of sp³-hybridized carbons (Fsp3) is 0.409. The van der Waals surface area contributed by atoms with E-state index in [1.54, 1.807) is 26.1 Å². The fourth-order valence-corrected chi connectivity index (χ4v) is 3.37. The minimum atomic E-state index is -2.93. The van der Waals surface area contributed by atoms with E-state index >= 15 is 0 Å². The van der Waals surface area contributed by atoms with Gasteiger partial charge in [-0.15, -0.1) is 0 Å². The number of benzene rings is 2. The molecule has 0 aromatic heterocycles. The third kappa shape index (κ3) is 5.59. The second-order valence-electron chi connectivity index (χ2n) is 6.92. The molecule has 0 saturated carbocycles. The first-order chi connectivity index (χ1) is 14.0. The van der Waals surface area contributed by atoms with Gasteiger partial charge in [-0.3, -0.25) is 4.79 Å². The molecule has 0 bridgehead atoms. The minimum absolute atomic E-state index is 0.0282. The lowest BCUT2D eigenvalue weighted by atomic mass is 10.1. The van der Waals surface area contributed by atoms with Gasteiger partial charge in [-0.1, -0.05) is 12.1 Å². The van der Waals surface area contributed by atoms with E-state index in [0.29, 0.717) is 18.9 Å². The summed E-state index contributed by atoms with van der Waals surface area (Å²) in [6, 6.07) is 10.6. The fourth-order valence-electron chi connectivity index (χ4n) is 3.37. The van der Waals surface area contributed by atoms with E-state index in [1.807, 2.05) is 12.1 Å². The number of carbonyl (C=O) groups is 1. The molecule has 2 aromatic rings. The topological polar surface area (TPSA) is 48.0 Å². The van der Waals surface area contributed by atoms with Crippen LogP contribution in [0.4, 0.5) is 8.78 Å². The lowest BCUT2D eigenvalue weighted by molar-refractivity contribution is -0.132. The van der Waals surface area contributed by atoms with Crippen LogP contribution < -0.4 is 14.2 Å². The summed E-state index contributed by atoms with van der Waals surface area (Å²) in [6.45, 7) is -0.639. The Labute approximate surface area is 169 Å². The molecule has 0 aliphatic heterocycles. The first-order valence-electron chi connectivity index (χ1n) is 9.65. The number of halogens is 2. The van der Waals surface area contributed by atoms with E-state index in [1.165, 1.54) is 22.1 Å². The molecule has 1 amide bonds. The van der Waals surface area contributed by atoms with Gasteiger partial charge >= 0.3 is 6.61 Å². The zero-order valence-corrected chi connectivity index (χ0v) is 16.6. The summed E-state index contributed by atoms with van der Waals surface area (Å²) in [5.41, 5.74) is 3.38. The Morgan fingerprint density at radius 1 is 1.07 bits per heavy atom. The summed E-state index contributed by atoms with van der Waals surface area (Å²) in [5.74, 6) is 0.705. The Balaban J connectivity index is 1.58. The van der Waals surface area contributed by atoms with Gasteiger partial charge in [-0.25, -0.2) is 0 Å². The molecular formula is C22H25F2NO4. The number of carbonyl (C=O) groups excluding carboxylic acids is 1. The number of fused-ring (bicyclic) bond motifs is 1. The number of hydrogen-bond acceptors (Lipinski definition) is 4. The normalized spacial score (nSPS) is 12.6. The average Bonchev–Trinajstić information content (AvgIpc) is 3.15. The van der Waals surface area contributed by atoms with Crippen LogP contribution in [-0.2, 0) is 24.2 Å². The van der Waals surface area contributed by atoms with Crippen LogP contribution in [0.1, 0.15) is 30.0 Å². The maximum absolute atomic E-state index is 12.5. The summed E-state index contributed by atoms with van der Waals surface area (Å²) in [6.07, 6.45) is 3.31. The smallest absolute Gasteiger partial charge is 0.387 e. The summed E-state index contributed by atoms with van der Waals surface area (Å²) < 4.78 is 40.5. The van der Waals surface area contributed by atoms with Crippen molar-refractivity contribution in [3.63, 3.8) is 0 Å². The van der Waals surface area contributed by atoms with Crippen molar-refractivity contribution in [1.82, 2.24) is 4.90 Å². The Bertz CT molecular complexity index is 857. The first kappa shape index (κ1) is 20.9. The van der Waals surface area contributed by atoms with Crippen LogP contribution in [0.2, 0.25) is 0 Å². The van der Waals surface area contributed by atoms with Gasteiger partial charge in [-0.2, -0.15) is 8.78 Å². The molecule has 0 atom stereocenters. The lowest BCUT2D eigenvalue weighted by Crippen LogP contribution is -2.31. The Morgan fingerprint density at radius 2 is 1.86 bits per heavy atom. The quantitative estimate of drug-likeness (QED) is 0.627. The highest BCUT2D eigenvalue weighted by molar-refractivity contribution is 5.77. The van der Waals surface area contributed by atoms with Gasteiger partial charge in [0.15, 0.2) is 18.1 Å². The van der Waals surface area contributed by atoms with Crippen LogP contribution in [0.25, 0.3) is 0 Å². The lowest BCUT2D eigenvalue weighted by Gasteiger charge is -2.19. The number of rotatable bonds is 9. The van der Waals surface area contributed by atoms with Crippen LogP contribution in [0, 0.1) is 0 Å². The number of alkyl halides is 2. The van der Waals surface area contributed by atoms with E-state index in [2.05, 4.69) is 10.8 Å². The highest BCUT2D eigenvalue weighted by atomic mass is 19.3. The number of likely N-dealkylation sites (N-methyl/N-ethyl adjacent to an activating group) is 1. The maximum Gasteiger partial charge on any atom is 0.387 e. The highest BCUT2D eigenvalue weighted by Gasteiger charge is 2.16. The molecule has 0 radical (unpaired) electrons. The van der Waals surface area contributed by atoms with Gasteiger partial charge in [0, 0.05) is 13.6 Å². The van der Waals surface area contributed by atoms with Crippen LogP contribution in [-0.4, -0.2) is 37.7 Å². The first-order valence-corrected chi connectivity index (χ1v) is 9.65. The SMILES string of the molecule is CCOc1cc(CN(C)C(=O)COc2ccc3c(c2)CCC3)ccc1OC(F)F. The average molecular weight is 405 g/mol. The zero-order chi connectivity index (χ0) is 20.8. The van der Waals surface area contributed by atoms with E-state index in [4.69, 9.17) is 9.47 Å². The third-order valence-corrected chi connectivity index (χ3v) is 4.80. The van der Waals surface area contributed by atoms with Crippen molar-refractivity contribution >= 4 is 5.91 Å². The monoisotopic (exact) mass is 405 g/mol. The molecule has 1 aliphatic rings. The minimum Gasteiger partial charge on any atom is -0.490 e. The van der Waals surface area contributed by atoms with Crippen molar-refractivity contribution in [3.8, 4) is 17.2 Å². The summed E-state index contributed by atoms with van der Waals surface area (Å²) >= 11 is 0. The molecule has 0 spiro atoms. The molecule has 1 aliphatic carbocycles. The van der Waals surface area contributed by atoms with Gasteiger partial charge in [0.25, 0.3) is 5.91 Å². The van der Waals surface area contributed by atoms with Crippen LogP contribution in [0.3, 0.4) is 0 Å². The molecule has 0 unspecified atom stereocenters. The molecular weight excluding hydrogens is 380 g/mol. The third-order valence-electron chi connectivity index (χ3n) is 4.80. The number of ether oxygens (including phenoxy) is 3. The van der Waals surface area contributed by atoms with Gasteiger partial charge in [0.1, 0.15) is 5.75 Å². The van der Waals surface area contributed by atoms with Crippen LogP contribution >= 0.6 is 0 Å². The highest BCUT2D eigenvalue weighted by Crippen LogP contribution is 2.30. The van der Waals surface area contributed by atoms with Crippen molar-refractivity contribution in [2.45, 2.75) is 39.3 Å². The van der Waals surface area contributed by atoms with Crippen molar-refractivity contribution in [2.75, 3.05) is 20.3 Å². The van der Waals surface area contributed by atoms with Crippen molar-refractivity contribution < 1.29 is 27.8 Å². The molecule has 29 heavy (non-hydrogen) atoms. The Hall–Kier alpha value is -2.83. The van der Waals surface area contributed by atoms with E-state index in [0.717, 1.165) is 24.8 Å². The molecule has 156 valence electrons. The molecule has 2 aromatic carbocycles. The maximum atomic E-state index is 12.5. The standard InChI is InChI=1S/C22H25F2NO4/c1-3-27-20-11-15(7-10-19(20)29-22(23)24)13-25(2)21(26)14-28-18-9-8-16-5-4-6-17(16)12-18/h7-12,22H,3-6,13-14H2,1-2H3. The second kappa shape index (κ2) is 9.58. The van der Waals surface area contributed by atoms with Crippen LogP contribution in [0.15, 0.2) is 36.4 Å². The second-order valence-corrected chi connectivity index (χ2v) is 6.92. The van der Waals surface area contributed by atoms with E-state index < -0.39 is 6.61 Å². The van der Waals surface area contributed by atoms with Gasteiger partial charge in [-0.05, 0) is 67.1 Å². The van der Waals surface area contributed by atoms with E-state index in [-0.39, 0.29) is 24.0 Å². The van der Waals surface area contributed by atoms with Gasteiger partial charge < -0.3 is 19.1 Å². The number of aryl methyl sites for hydroxylation is 2. The molecule has 0 fully saturated rings. The predicted molar refractivity (Wildman–Crippen MR) is 105 cm³/mol. The summed E-state index contributed by atoms with van der Waals surface area (Å²) in [5, 5.41) is 0. The zero-order valence-electron chi connectivity index (χ0n) is 16.6. The molecule has 7 heteroatoms. The number of nitrogens with zero attached hydrogens (tertiary/aromatic N) is 1. The van der Waals surface area contributed by atoms with Crippen molar-refractivity contribution in [2.24, 2.45) is 0 Å². The molecule has 0 N–H and O–H groups in total.